The van der Waals surface area contributed by atoms with Gasteiger partial charge in [0.05, 0.1) is 10.6 Å². The molecule has 190 valence electrons. The summed E-state index contributed by atoms with van der Waals surface area (Å²) < 4.78 is 43.7. The molecule has 1 N–H and O–H groups in total. The Kier molecular flexibility index (Phi) is 8.86. The molecule has 0 saturated carbocycles. The first-order valence-electron chi connectivity index (χ1n) is 11.1. The number of benzene rings is 3. The van der Waals surface area contributed by atoms with Crippen LogP contribution in [0.25, 0.3) is 0 Å². The van der Waals surface area contributed by atoms with E-state index >= 15 is 0 Å². The molecule has 3 aromatic rings. The van der Waals surface area contributed by atoms with Gasteiger partial charge in [0, 0.05) is 18.1 Å². The van der Waals surface area contributed by atoms with Crippen LogP contribution in [0.3, 0.4) is 0 Å². The highest BCUT2D eigenvalue weighted by Crippen LogP contribution is 2.27. The lowest BCUT2D eigenvalue weighted by Gasteiger charge is -2.31. The summed E-state index contributed by atoms with van der Waals surface area (Å²) in [5.74, 6) is -1.87. The van der Waals surface area contributed by atoms with Crippen LogP contribution in [0.5, 0.6) is 0 Å². The summed E-state index contributed by atoms with van der Waals surface area (Å²) in [5, 5.41) is 2.52. The standard InChI is InChI=1S/C26H27BrFN3O4S/c1-18-8-14-22(15-9-18)36(34,35)31(24-7-5-4-6-23(24)28)17-25(32)30(19(2)26(33)29-3)16-20-10-12-21(27)13-11-20/h4-15,19H,16-17H2,1-3H3,(H,29,33)/t19-/m1/s1. The topological polar surface area (TPSA) is 86.8 Å². The second-order valence-corrected chi connectivity index (χ2v) is 11.0. The molecule has 7 nitrogen and oxygen atoms in total. The van der Waals surface area contributed by atoms with Gasteiger partial charge in [0.2, 0.25) is 11.8 Å². The quantitative estimate of drug-likeness (QED) is 0.413. The van der Waals surface area contributed by atoms with Crippen LogP contribution in [0.1, 0.15) is 18.1 Å². The maximum atomic E-state index is 14.8. The van der Waals surface area contributed by atoms with E-state index in [0.29, 0.717) is 0 Å². The zero-order valence-electron chi connectivity index (χ0n) is 20.1. The van der Waals surface area contributed by atoms with Gasteiger partial charge in [-0.2, -0.15) is 0 Å². The van der Waals surface area contributed by atoms with Gasteiger partial charge in [0.1, 0.15) is 18.4 Å². The third-order valence-corrected chi connectivity index (χ3v) is 7.99. The fourth-order valence-electron chi connectivity index (χ4n) is 3.58. The van der Waals surface area contributed by atoms with Crippen LogP contribution in [0.4, 0.5) is 10.1 Å². The number of carbonyl (C=O) groups excluding carboxylic acids is 2. The van der Waals surface area contributed by atoms with Crippen LogP contribution in [-0.2, 0) is 26.2 Å². The summed E-state index contributed by atoms with van der Waals surface area (Å²) in [6.07, 6.45) is 0. The minimum Gasteiger partial charge on any atom is -0.357 e. The van der Waals surface area contributed by atoms with Crippen molar-refractivity contribution in [2.75, 3.05) is 17.9 Å². The van der Waals surface area contributed by atoms with Crippen molar-refractivity contribution in [2.24, 2.45) is 0 Å². The van der Waals surface area contributed by atoms with E-state index in [1.165, 1.54) is 42.3 Å². The molecule has 0 spiro atoms. The Hall–Kier alpha value is -3.24. The van der Waals surface area contributed by atoms with Crippen molar-refractivity contribution in [3.63, 3.8) is 0 Å². The molecule has 0 bridgehead atoms. The first-order valence-corrected chi connectivity index (χ1v) is 13.4. The van der Waals surface area contributed by atoms with Crippen molar-refractivity contribution in [3.8, 4) is 0 Å². The van der Waals surface area contributed by atoms with Crippen LogP contribution < -0.4 is 9.62 Å². The lowest BCUT2D eigenvalue weighted by Crippen LogP contribution is -2.50. The summed E-state index contributed by atoms with van der Waals surface area (Å²) in [6, 6.07) is 17.7. The molecule has 0 aliphatic rings. The molecule has 0 fully saturated rings. The Balaban J connectivity index is 2.04. The summed E-state index contributed by atoms with van der Waals surface area (Å²) in [5.41, 5.74) is 1.33. The van der Waals surface area contributed by atoms with Crippen molar-refractivity contribution in [1.82, 2.24) is 10.2 Å². The molecule has 2 amide bonds. The van der Waals surface area contributed by atoms with E-state index in [1.807, 2.05) is 6.92 Å². The second kappa shape index (κ2) is 11.7. The number of amides is 2. The molecule has 0 aliphatic carbocycles. The molecule has 0 aliphatic heterocycles. The number of aryl methyl sites for hydroxylation is 1. The van der Waals surface area contributed by atoms with Gasteiger partial charge in [-0.1, -0.05) is 57.9 Å². The highest BCUT2D eigenvalue weighted by Gasteiger charge is 2.33. The number of halogens is 2. The number of rotatable bonds is 9. The number of para-hydroxylation sites is 1. The highest BCUT2D eigenvalue weighted by molar-refractivity contribution is 9.10. The molecule has 0 radical (unpaired) electrons. The third kappa shape index (κ3) is 6.30. The number of nitrogens with one attached hydrogen (secondary N) is 1. The van der Waals surface area contributed by atoms with E-state index in [-0.39, 0.29) is 17.1 Å². The van der Waals surface area contributed by atoms with Gasteiger partial charge in [-0.25, -0.2) is 12.8 Å². The molecule has 3 rings (SSSR count). The first-order chi connectivity index (χ1) is 17.0. The lowest BCUT2D eigenvalue weighted by atomic mass is 10.1. The number of anilines is 1. The monoisotopic (exact) mass is 575 g/mol. The van der Waals surface area contributed by atoms with Crippen molar-refractivity contribution in [2.45, 2.75) is 31.3 Å². The van der Waals surface area contributed by atoms with E-state index in [1.54, 1.807) is 43.3 Å². The Morgan fingerprint density at radius 1 is 1.00 bits per heavy atom. The molecule has 10 heteroatoms. The largest absolute Gasteiger partial charge is 0.357 e. The zero-order valence-corrected chi connectivity index (χ0v) is 22.5. The summed E-state index contributed by atoms with van der Waals surface area (Å²) in [4.78, 5) is 27.3. The predicted octanol–water partition coefficient (Wildman–Crippen LogP) is 4.26. The third-order valence-electron chi connectivity index (χ3n) is 5.69. The van der Waals surface area contributed by atoms with Crippen molar-refractivity contribution >= 4 is 43.5 Å². The van der Waals surface area contributed by atoms with Crippen LogP contribution >= 0.6 is 15.9 Å². The van der Waals surface area contributed by atoms with E-state index in [2.05, 4.69) is 21.2 Å². The van der Waals surface area contributed by atoms with Gasteiger partial charge >= 0.3 is 0 Å². The first kappa shape index (κ1) is 27.3. The van der Waals surface area contributed by atoms with Crippen molar-refractivity contribution in [3.05, 3.63) is 94.2 Å². The van der Waals surface area contributed by atoms with Gasteiger partial charge in [-0.05, 0) is 55.8 Å². The molecule has 1 atom stereocenters. The van der Waals surface area contributed by atoms with Crippen LogP contribution in [0.2, 0.25) is 0 Å². The smallest absolute Gasteiger partial charge is 0.264 e. The average molecular weight is 576 g/mol. The SMILES string of the molecule is CNC(=O)[C@@H](C)N(Cc1ccc(Br)cc1)C(=O)CN(c1ccccc1F)S(=O)(=O)c1ccc(C)cc1. The summed E-state index contributed by atoms with van der Waals surface area (Å²) in [6.45, 7) is 2.72. The lowest BCUT2D eigenvalue weighted by molar-refractivity contribution is -0.139. The van der Waals surface area contributed by atoms with Gasteiger partial charge in [0.15, 0.2) is 0 Å². The minimum atomic E-state index is -4.31. The average Bonchev–Trinajstić information content (AvgIpc) is 2.86. The fraction of sp³-hybridized carbons (Fsp3) is 0.231. The van der Waals surface area contributed by atoms with Gasteiger partial charge in [-0.15, -0.1) is 0 Å². The molecular formula is C26H27BrFN3O4S. The Morgan fingerprint density at radius 2 is 1.61 bits per heavy atom. The van der Waals surface area contributed by atoms with Gasteiger partial charge < -0.3 is 10.2 Å². The minimum absolute atomic E-state index is 0.0520. The van der Waals surface area contributed by atoms with Crippen LogP contribution in [0.15, 0.2) is 82.2 Å². The van der Waals surface area contributed by atoms with Crippen molar-refractivity contribution < 1.29 is 22.4 Å². The fourth-order valence-corrected chi connectivity index (χ4v) is 5.27. The molecule has 0 heterocycles. The van der Waals surface area contributed by atoms with Gasteiger partial charge in [-0.3, -0.25) is 13.9 Å². The molecule has 0 saturated heterocycles. The van der Waals surface area contributed by atoms with E-state index < -0.39 is 40.2 Å². The van der Waals surface area contributed by atoms with E-state index in [9.17, 15) is 22.4 Å². The van der Waals surface area contributed by atoms with Gasteiger partial charge in [0.25, 0.3) is 10.0 Å². The number of likely N-dealkylation sites (N-methyl/N-ethyl adjacent to an activating group) is 1. The maximum absolute atomic E-state index is 14.8. The number of nitrogens with zero attached hydrogens (tertiary/aromatic N) is 2. The highest BCUT2D eigenvalue weighted by atomic mass is 79.9. The number of hydrogen-bond donors (Lipinski definition) is 1. The Labute approximate surface area is 219 Å². The Morgan fingerprint density at radius 3 is 2.19 bits per heavy atom. The normalized spacial score (nSPS) is 12.0. The summed E-state index contributed by atoms with van der Waals surface area (Å²) in [7, 11) is -2.86. The van der Waals surface area contributed by atoms with Crippen molar-refractivity contribution in [1.29, 1.82) is 0 Å². The molecule has 36 heavy (non-hydrogen) atoms. The predicted molar refractivity (Wildman–Crippen MR) is 140 cm³/mol. The molecule has 0 unspecified atom stereocenters. The number of hydrogen-bond acceptors (Lipinski definition) is 4. The van der Waals surface area contributed by atoms with Crippen LogP contribution in [-0.4, -0.2) is 44.8 Å². The molecule has 0 aromatic heterocycles. The maximum Gasteiger partial charge on any atom is 0.264 e. The van der Waals surface area contributed by atoms with E-state index in [0.717, 1.165) is 26.0 Å². The molecule has 3 aromatic carbocycles. The summed E-state index contributed by atoms with van der Waals surface area (Å²) >= 11 is 3.36. The second-order valence-electron chi connectivity index (χ2n) is 8.21. The number of sulfonamides is 1. The van der Waals surface area contributed by atoms with E-state index in [4.69, 9.17) is 0 Å². The Bertz CT molecular complexity index is 1330. The van der Waals surface area contributed by atoms with Crippen LogP contribution in [0, 0.1) is 12.7 Å². The number of carbonyl (C=O) groups is 2. The zero-order chi connectivity index (χ0) is 26.5. The molecular weight excluding hydrogens is 549 g/mol.